The van der Waals surface area contributed by atoms with E-state index in [0.29, 0.717) is 0 Å². The minimum absolute atomic E-state index is 0. The fraction of sp³-hybridized carbons (Fsp3) is 0.556. The molecule has 15 heavy (non-hydrogen) atoms. The molecule has 0 spiro atoms. The van der Waals surface area contributed by atoms with Crippen LogP contribution in [0.2, 0.25) is 0 Å². The molecule has 0 aliphatic rings. The van der Waals surface area contributed by atoms with Gasteiger partial charge in [0.05, 0.1) is 0 Å². The predicted molar refractivity (Wildman–Crippen MR) is 58.9 cm³/mol. The van der Waals surface area contributed by atoms with Crippen molar-refractivity contribution >= 4 is 71.1 Å². The molecular weight excluding hydrogens is 218 g/mol. The van der Waals surface area contributed by atoms with Crippen LogP contribution in [0.3, 0.4) is 0 Å². The summed E-state index contributed by atoms with van der Waals surface area (Å²) in [6.07, 6.45) is 0.231. The van der Waals surface area contributed by atoms with Gasteiger partial charge in [0.25, 0.3) is 0 Å². The first-order chi connectivity index (χ1) is 5.91. The van der Waals surface area contributed by atoms with Gasteiger partial charge in [-0.2, -0.15) is 0 Å². The molecule has 76 valence electrons. The van der Waals surface area contributed by atoms with Crippen LogP contribution in [-0.4, -0.2) is 81.3 Å². The molecule has 0 rings (SSSR count). The van der Waals surface area contributed by atoms with Crippen LogP contribution in [0, 0.1) is 5.92 Å². The average Bonchev–Trinajstić information content (AvgIpc) is 1.97. The van der Waals surface area contributed by atoms with E-state index < -0.39 is 11.9 Å². The van der Waals surface area contributed by atoms with E-state index in [1.165, 1.54) is 0 Å². The Morgan fingerprint density at radius 2 is 1.47 bits per heavy atom. The first-order valence-electron chi connectivity index (χ1n) is 4.11. The van der Waals surface area contributed by atoms with Gasteiger partial charge < -0.3 is 10.2 Å². The van der Waals surface area contributed by atoms with Gasteiger partial charge in [-0.25, -0.2) is 9.59 Å². The second-order valence-corrected chi connectivity index (χ2v) is 3.01. The molecule has 0 amide bonds. The normalized spacial score (nSPS) is 10.9. The van der Waals surface area contributed by atoms with Gasteiger partial charge in [0, 0.05) is 70.3 Å². The number of hydrogen-bond donors (Lipinski definition) is 2. The Balaban J connectivity index is -0.000000720. The summed E-state index contributed by atoms with van der Waals surface area (Å²) in [4.78, 5) is 21.4. The first-order valence-corrected chi connectivity index (χ1v) is 4.11. The molecule has 0 atom stereocenters. The number of carboxylic acids is 2. The van der Waals surface area contributed by atoms with Crippen molar-refractivity contribution in [1.29, 1.82) is 0 Å². The van der Waals surface area contributed by atoms with E-state index in [-0.39, 0.29) is 82.6 Å². The van der Waals surface area contributed by atoms with Crippen LogP contribution in [0.4, 0.5) is 0 Å². The molecule has 0 aromatic heterocycles. The molecule has 0 bridgehead atoms. The summed E-state index contributed by atoms with van der Waals surface area (Å²) in [5.41, 5.74) is -0.0162. The van der Waals surface area contributed by atoms with Crippen molar-refractivity contribution in [1.82, 2.24) is 0 Å². The third kappa shape index (κ3) is 6.76. The van der Waals surface area contributed by atoms with Crippen molar-refractivity contribution in [3.8, 4) is 0 Å². The van der Waals surface area contributed by atoms with Gasteiger partial charge in [0.15, 0.2) is 0 Å². The van der Waals surface area contributed by atoms with E-state index in [1.54, 1.807) is 20.8 Å². The summed E-state index contributed by atoms with van der Waals surface area (Å²) in [5.74, 6) is -2.56. The summed E-state index contributed by atoms with van der Waals surface area (Å²) < 4.78 is 0. The molecule has 4 nitrogen and oxygen atoms in total. The third-order valence-electron chi connectivity index (χ3n) is 1.74. The van der Waals surface area contributed by atoms with Gasteiger partial charge in [-0.1, -0.05) is 20.8 Å². The zero-order chi connectivity index (χ0) is 10.6. The van der Waals surface area contributed by atoms with Crippen LogP contribution in [-0.2, 0) is 9.59 Å². The number of rotatable bonds is 4. The van der Waals surface area contributed by atoms with Crippen LogP contribution >= 0.6 is 0 Å². The maximum Gasteiger partial charge on any atom is 0.332 e. The fourth-order valence-electron chi connectivity index (χ4n) is 1.18. The third-order valence-corrected chi connectivity index (χ3v) is 1.74. The molecule has 0 fully saturated rings. The van der Waals surface area contributed by atoms with Gasteiger partial charge in [0.1, 0.15) is 0 Å². The van der Waals surface area contributed by atoms with Gasteiger partial charge in [-0.3, -0.25) is 0 Å². The predicted octanol–water partition coefficient (Wildman–Crippen LogP) is 0.757. The first kappa shape index (κ1) is 21.0. The maximum absolute atomic E-state index is 10.7. The summed E-state index contributed by atoms with van der Waals surface area (Å²) in [6, 6.07) is 0. The number of hydrogen-bond acceptors (Lipinski definition) is 2. The molecule has 6 heteroatoms. The number of aliphatic carboxylic acids is 2. The SMILES string of the molecule is CC/C(C(=O)O)=C(/C(=O)O)C(C)C.[Na].[Na]. The molecule has 0 heterocycles. The van der Waals surface area contributed by atoms with Gasteiger partial charge in [-0.05, 0) is 12.3 Å². The Bertz CT molecular complexity index is 259. The van der Waals surface area contributed by atoms with E-state index in [4.69, 9.17) is 10.2 Å². The van der Waals surface area contributed by atoms with Crippen molar-refractivity contribution in [3.63, 3.8) is 0 Å². The topological polar surface area (TPSA) is 74.6 Å². The van der Waals surface area contributed by atoms with E-state index in [1.807, 2.05) is 0 Å². The Morgan fingerprint density at radius 1 is 1.07 bits per heavy atom. The number of carbonyl (C=O) groups is 2. The van der Waals surface area contributed by atoms with E-state index in [0.717, 1.165) is 0 Å². The van der Waals surface area contributed by atoms with Gasteiger partial charge >= 0.3 is 11.9 Å². The summed E-state index contributed by atoms with van der Waals surface area (Å²) in [5, 5.41) is 17.5. The second-order valence-electron chi connectivity index (χ2n) is 3.01. The van der Waals surface area contributed by atoms with E-state index >= 15 is 0 Å². The van der Waals surface area contributed by atoms with Crippen molar-refractivity contribution < 1.29 is 19.8 Å². The molecular formula is C9H14Na2O4. The minimum atomic E-state index is -1.14. The molecule has 0 unspecified atom stereocenters. The average molecular weight is 232 g/mol. The minimum Gasteiger partial charge on any atom is -0.478 e. The zero-order valence-electron chi connectivity index (χ0n) is 10.00. The van der Waals surface area contributed by atoms with Crippen LogP contribution < -0.4 is 0 Å². The van der Waals surface area contributed by atoms with Crippen LogP contribution in [0.5, 0.6) is 0 Å². The summed E-state index contributed by atoms with van der Waals surface area (Å²) in [6.45, 7) is 4.97. The molecule has 0 aliphatic heterocycles. The molecule has 0 saturated carbocycles. The van der Waals surface area contributed by atoms with Crippen LogP contribution in [0.1, 0.15) is 27.2 Å². The Kier molecular flexibility index (Phi) is 13.8. The zero-order valence-corrected chi connectivity index (χ0v) is 14.0. The van der Waals surface area contributed by atoms with E-state index in [2.05, 4.69) is 0 Å². The largest absolute Gasteiger partial charge is 0.478 e. The fourth-order valence-corrected chi connectivity index (χ4v) is 1.18. The van der Waals surface area contributed by atoms with Gasteiger partial charge in [-0.15, -0.1) is 0 Å². The monoisotopic (exact) mass is 232 g/mol. The van der Waals surface area contributed by atoms with Crippen molar-refractivity contribution in [3.05, 3.63) is 11.1 Å². The maximum atomic E-state index is 10.7. The standard InChI is InChI=1S/C9H14O4.2Na/c1-4-6(8(10)11)7(5(2)3)9(12)13;;/h5H,4H2,1-3H3,(H,10,11)(H,12,13);;/b7-6-;;. The molecule has 0 aliphatic carbocycles. The van der Waals surface area contributed by atoms with Crippen molar-refractivity contribution in [2.75, 3.05) is 0 Å². The van der Waals surface area contributed by atoms with Crippen LogP contribution in [0.15, 0.2) is 11.1 Å². The van der Waals surface area contributed by atoms with Crippen molar-refractivity contribution in [2.45, 2.75) is 27.2 Å². The molecule has 2 radical (unpaired) electrons. The molecule has 2 N–H and O–H groups in total. The number of carboxylic acid groups (broad SMARTS) is 2. The molecule has 0 saturated heterocycles. The summed E-state index contributed by atoms with van der Waals surface area (Å²) in [7, 11) is 0. The Hall–Kier alpha value is 0.680. The Labute approximate surface area is 134 Å². The summed E-state index contributed by atoms with van der Waals surface area (Å²) >= 11 is 0. The molecule has 0 aromatic rings. The van der Waals surface area contributed by atoms with E-state index in [9.17, 15) is 9.59 Å². The smallest absolute Gasteiger partial charge is 0.332 e. The van der Waals surface area contributed by atoms with Crippen LogP contribution in [0.25, 0.3) is 0 Å². The molecule has 0 aromatic carbocycles. The second kappa shape index (κ2) is 9.87. The van der Waals surface area contributed by atoms with Crippen molar-refractivity contribution in [2.24, 2.45) is 5.92 Å². The van der Waals surface area contributed by atoms with Gasteiger partial charge in [0.2, 0.25) is 0 Å². The quantitative estimate of drug-likeness (QED) is 0.554. The Morgan fingerprint density at radius 3 is 1.53 bits per heavy atom.